The molecule has 0 amide bonds. The summed E-state index contributed by atoms with van der Waals surface area (Å²) in [7, 11) is 0. The van der Waals surface area contributed by atoms with Crippen molar-refractivity contribution in [3.8, 4) is 0 Å². The lowest BCUT2D eigenvalue weighted by Gasteiger charge is -2.15. The molecule has 74 valence electrons. The molecule has 0 saturated heterocycles. The highest BCUT2D eigenvalue weighted by Crippen LogP contribution is 2.28. The van der Waals surface area contributed by atoms with E-state index in [-0.39, 0.29) is 0 Å². The Morgan fingerprint density at radius 3 is 2.54 bits per heavy atom. The summed E-state index contributed by atoms with van der Waals surface area (Å²) in [5.41, 5.74) is 1.79. The minimum Gasteiger partial charge on any atom is -0.157 e. The molecule has 0 fully saturated rings. The summed E-state index contributed by atoms with van der Waals surface area (Å²) in [6.45, 7) is 9.02. The van der Waals surface area contributed by atoms with Gasteiger partial charge in [-0.3, -0.25) is 0 Å². The Hall–Kier alpha value is 0.0500. The van der Waals surface area contributed by atoms with Crippen LogP contribution in [0.5, 0.6) is 0 Å². The van der Waals surface area contributed by atoms with Crippen molar-refractivity contribution in [2.24, 2.45) is 0 Å². The highest BCUT2D eigenvalue weighted by Gasteiger charge is 2.14. The summed E-state index contributed by atoms with van der Waals surface area (Å²) in [6, 6.07) is 2.35. The van der Waals surface area contributed by atoms with Crippen molar-refractivity contribution in [1.29, 1.82) is 0 Å². The van der Waals surface area contributed by atoms with Gasteiger partial charge in [0.2, 0.25) is 0 Å². The quantitative estimate of drug-likeness (QED) is 0.723. The summed E-state index contributed by atoms with van der Waals surface area (Å²) < 4.78 is 0. The van der Waals surface area contributed by atoms with Crippen LogP contribution in [0.25, 0.3) is 0 Å². The Kier molecular flexibility index (Phi) is 3.87. The molecule has 0 aliphatic rings. The molecule has 0 atom stereocenters. The van der Waals surface area contributed by atoms with Gasteiger partial charge < -0.3 is 0 Å². The zero-order valence-electron chi connectivity index (χ0n) is 8.89. The van der Waals surface area contributed by atoms with Gasteiger partial charge in [-0.15, -0.1) is 11.3 Å². The minimum absolute atomic E-state index is 0.311. The van der Waals surface area contributed by atoms with E-state index in [0.717, 1.165) is 0 Å². The van der Waals surface area contributed by atoms with Crippen LogP contribution in [0, 0.1) is 0 Å². The smallest absolute Gasteiger partial charge is 0.0278 e. The maximum atomic E-state index is 2.35. The maximum Gasteiger partial charge on any atom is 0.0278 e. The zero-order valence-corrected chi connectivity index (χ0v) is 10.5. The molecule has 1 rings (SSSR count). The number of thioether (sulfide) groups is 1. The van der Waals surface area contributed by atoms with Gasteiger partial charge in [-0.1, -0.05) is 27.7 Å². The largest absolute Gasteiger partial charge is 0.157 e. The molecule has 0 nitrogen and oxygen atoms in total. The van der Waals surface area contributed by atoms with Gasteiger partial charge >= 0.3 is 0 Å². The Morgan fingerprint density at radius 2 is 2.08 bits per heavy atom. The summed E-state index contributed by atoms with van der Waals surface area (Å²) >= 11 is 3.89. The molecule has 0 unspecified atom stereocenters. The average Bonchev–Trinajstić information content (AvgIpc) is 2.47. The second-order valence-corrected chi connectivity index (χ2v) is 6.46. The normalized spacial score (nSPS) is 12.0. The van der Waals surface area contributed by atoms with Crippen LogP contribution in [0.1, 0.15) is 38.1 Å². The first kappa shape index (κ1) is 11.1. The van der Waals surface area contributed by atoms with Gasteiger partial charge in [-0.25, -0.2) is 0 Å². The monoisotopic (exact) mass is 214 g/mol. The molecule has 1 aromatic heterocycles. The van der Waals surface area contributed by atoms with Crippen LogP contribution in [-0.2, 0) is 11.2 Å². The van der Waals surface area contributed by atoms with Crippen LogP contribution in [0.4, 0.5) is 0 Å². The van der Waals surface area contributed by atoms with E-state index in [2.05, 4.69) is 39.1 Å². The Morgan fingerprint density at radius 1 is 1.38 bits per heavy atom. The molecule has 13 heavy (non-hydrogen) atoms. The third-order valence-electron chi connectivity index (χ3n) is 1.97. The molecule has 0 bridgehead atoms. The van der Waals surface area contributed by atoms with E-state index in [1.54, 1.807) is 0 Å². The van der Waals surface area contributed by atoms with Gasteiger partial charge in [0, 0.05) is 10.6 Å². The standard InChI is InChI=1S/C11H18S2/c1-5-12-8-10-6-9(7-13-10)11(2,3)4/h6-7H,5,8H2,1-4H3. The molecular weight excluding hydrogens is 196 g/mol. The maximum absolute atomic E-state index is 2.35. The summed E-state index contributed by atoms with van der Waals surface area (Å²) in [6.07, 6.45) is 0. The fourth-order valence-corrected chi connectivity index (χ4v) is 2.96. The van der Waals surface area contributed by atoms with Crippen molar-refractivity contribution < 1.29 is 0 Å². The van der Waals surface area contributed by atoms with Gasteiger partial charge in [-0.05, 0) is 28.2 Å². The molecule has 0 aliphatic carbocycles. The van der Waals surface area contributed by atoms with Crippen LogP contribution in [0.3, 0.4) is 0 Å². The van der Waals surface area contributed by atoms with E-state index in [4.69, 9.17) is 0 Å². The summed E-state index contributed by atoms with van der Waals surface area (Å²) in [5, 5.41) is 2.30. The van der Waals surface area contributed by atoms with Crippen LogP contribution in [0.15, 0.2) is 11.4 Å². The first-order valence-corrected chi connectivity index (χ1v) is 6.73. The van der Waals surface area contributed by atoms with Gasteiger partial charge in [0.05, 0.1) is 0 Å². The molecule has 0 radical (unpaired) electrons. The number of hydrogen-bond acceptors (Lipinski definition) is 2. The lowest BCUT2D eigenvalue weighted by molar-refractivity contribution is 0.592. The summed E-state index contributed by atoms with van der Waals surface area (Å²) in [4.78, 5) is 1.51. The highest BCUT2D eigenvalue weighted by molar-refractivity contribution is 7.98. The molecule has 0 aliphatic heterocycles. The van der Waals surface area contributed by atoms with E-state index in [1.807, 2.05) is 23.1 Å². The van der Waals surface area contributed by atoms with Crippen LogP contribution in [0.2, 0.25) is 0 Å². The van der Waals surface area contributed by atoms with Gasteiger partial charge in [0.15, 0.2) is 0 Å². The van der Waals surface area contributed by atoms with Crippen molar-refractivity contribution in [3.05, 3.63) is 21.9 Å². The third kappa shape index (κ3) is 3.35. The van der Waals surface area contributed by atoms with Gasteiger partial charge in [0.25, 0.3) is 0 Å². The third-order valence-corrected chi connectivity index (χ3v) is 4.01. The molecule has 0 spiro atoms. The molecular formula is C11H18S2. The minimum atomic E-state index is 0.311. The van der Waals surface area contributed by atoms with E-state index in [0.29, 0.717) is 5.41 Å². The Labute approximate surface area is 89.7 Å². The molecule has 1 aromatic rings. The molecule has 0 N–H and O–H groups in total. The Balaban J connectivity index is 2.64. The van der Waals surface area contributed by atoms with Crippen LogP contribution in [-0.4, -0.2) is 5.75 Å². The van der Waals surface area contributed by atoms with E-state index < -0.39 is 0 Å². The first-order chi connectivity index (χ1) is 6.04. The van der Waals surface area contributed by atoms with Crippen molar-refractivity contribution in [2.75, 3.05) is 5.75 Å². The fourth-order valence-electron chi connectivity index (χ4n) is 1.05. The molecule has 1 heterocycles. The second kappa shape index (κ2) is 4.52. The predicted molar refractivity (Wildman–Crippen MR) is 64.9 cm³/mol. The average molecular weight is 214 g/mol. The number of rotatable bonds is 3. The number of thiophene rings is 1. The predicted octanol–water partition coefficient (Wildman–Crippen LogP) is 4.30. The van der Waals surface area contributed by atoms with E-state index in [9.17, 15) is 0 Å². The summed E-state index contributed by atoms with van der Waals surface area (Å²) in [5.74, 6) is 2.39. The molecule has 2 heteroatoms. The van der Waals surface area contributed by atoms with E-state index >= 15 is 0 Å². The van der Waals surface area contributed by atoms with Crippen LogP contribution >= 0.6 is 23.1 Å². The Bertz CT molecular complexity index is 255. The van der Waals surface area contributed by atoms with Crippen molar-refractivity contribution in [1.82, 2.24) is 0 Å². The van der Waals surface area contributed by atoms with Gasteiger partial charge in [-0.2, -0.15) is 11.8 Å². The first-order valence-electron chi connectivity index (χ1n) is 4.69. The number of hydrogen-bond donors (Lipinski definition) is 0. The topological polar surface area (TPSA) is 0 Å². The molecule has 0 saturated carbocycles. The fraction of sp³-hybridized carbons (Fsp3) is 0.636. The molecule has 0 aromatic carbocycles. The second-order valence-electron chi connectivity index (χ2n) is 4.19. The van der Waals surface area contributed by atoms with Crippen LogP contribution < -0.4 is 0 Å². The van der Waals surface area contributed by atoms with Crippen molar-refractivity contribution in [3.63, 3.8) is 0 Å². The van der Waals surface area contributed by atoms with Gasteiger partial charge in [0.1, 0.15) is 0 Å². The van der Waals surface area contributed by atoms with Crippen molar-refractivity contribution >= 4 is 23.1 Å². The van der Waals surface area contributed by atoms with E-state index in [1.165, 1.54) is 21.9 Å². The zero-order chi connectivity index (χ0) is 9.90. The SMILES string of the molecule is CCSCc1cc(C(C)(C)C)cs1. The lowest BCUT2D eigenvalue weighted by atomic mass is 9.89. The lowest BCUT2D eigenvalue weighted by Crippen LogP contribution is -2.08. The van der Waals surface area contributed by atoms with Crippen molar-refractivity contribution in [2.45, 2.75) is 38.9 Å². The highest BCUT2D eigenvalue weighted by atomic mass is 32.2.